The molecule has 0 N–H and O–H groups in total. The summed E-state index contributed by atoms with van der Waals surface area (Å²) in [5, 5.41) is 0. The number of aromatic nitrogens is 3. The summed E-state index contributed by atoms with van der Waals surface area (Å²) in [5.74, 6) is 0.115. The number of rotatable bonds is 3. The van der Waals surface area contributed by atoms with Crippen LogP contribution in [0.3, 0.4) is 0 Å². The highest BCUT2D eigenvalue weighted by molar-refractivity contribution is 5.93. The zero-order valence-corrected chi connectivity index (χ0v) is 18.5. The topological polar surface area (TPSA) is 69.4 Å². The van der Waals surface area contributed by atoms with Gasteiger partial charge in [-0.15, -0.1) is 0 Å². The number of hydrogen-bond acceptors (Lipinski definition) is 4. The highest BCUT2D eigenvalue weighted by Gasteiger charge is 2.73. The summed E-state index contributed by atoms with van der Waals surface area (Å²) >= 11 is 0. The van der Waals surface area contributed by atoms with Crippen molar-refractivity contribution >= 4 is 5.91 Å². The average Bonchev–Trinajstić information content (AvgIpc) is 3.02. The lowest BCUT2D eigenvalue weighted by molar-refractivity contribution is -0.137. The van der Waals surface area contributed by atoms with Gasteiger partial charge in [0.05, 0.1) is 23.0 Å². The lowest BCUT2D eigenvalue weighted by atomic mass is 9.91. The Morgan fingerprint density at radius 3 is 2.65 bits per heavy atom. The van der Waals surface area contributed by atoms with Gasteiger partial charge in [-0.2, -0.15) is 13.2 Å². The maximum atomic E-state index is 13.4. The number of imidazole rings is 1. The van der Waals surface area contributed by atoms with Gasteiger partial charge in [-0.25, -0.2) is 4.98 Å². The molecular weight excluding hydrogens is 449 g/mol. The van der Waals surface area contributed by atoms with Crippen LogP contribution in [-0.2, 0) is 18.1 Å². The second-order valence-corrected chi connectivity index (χ2v) is 9.51. The van der Waals surface area contributed by atoms with Crippen LogP contribution in [0.1, 0.15) is 40.7 Å². The Balaban J connectivity index is 1.32. The number of amides is 1. The fourth-order valence-electron chi connectivity index (χ4n) is 5.45. The lowest BCUT2D eigenvalue weighted by Crippen LogP contribution is -2.48. The molecule has 1 saturated carbocycles. The minimum absolute atomic E-state index is 0.229. The number of carbonyl (C=O) groups is 1. The number of alkyl halides is 3. The molecule has 6 rings (SSSR count). The normalized spacial score (nSPS) is 25.0. The van der Waals surface area contributed by atoms with Crippen molar-refractivity contribution in [1.29, 1.82) is 0 Å². The number of hydrogen-bond donors (Lipinski definition) is 0. The molecular formula is C24H21F3N4O3. The predicted octanol–water partition coefficient (Wildman–Crippen LogP) is 3.31. The number of pyridine rings is 1. The van der Waals surface area contributed by atoms with Crippen LogP contribution in [0.2, 0.25) is 0 Å². The van der Waals surface area contributed by atoms with Gasteiger partial charge in [-0.1, -0.05) is 0 Å². The Labute approximate surface area is 192 Å². The molecule has 0 saturated heterocycles. The van der Waals surface area contributed by atoms with Crippen LogP contribution in [0, 0.1) is 6.92 Å². The van der Waals surface area contributed by atoms with Crippen molar-refractivity contribution in [2.45, 2.75) is 44.0 Å². The molecule has 10 heteroatoms. The van der Waals surface area contributed by atoms with Gasteiger partial charge in [0, 0.05) is 37.8 Å². The molecule has 4 heterocycles. The molecule has 1 aromatic carbocycles. The molecule has 7 nitrogen and oxygen atoms in total. The molecule has 2 aliphatic heterocycles. The molecule has 176 valence electrons. The molecule has 3 aromatic rings. The van der Waals surface area contributed by atoms with E-state index in [9.17, 15) is 22.8 Å². The number of fused-ring (bicyclic) bond motifs is 4. The Morgan fingerprint density at radius 2 is 1.94 bits per heavy atom. The Bertz CT molecular complexity index is 1430. The lowest BCUT2D eigenvalue weighted by Gasteiger charge is -2.32. The molecule has 2 atom stereocenters. The second-order valence-electron chi connectivity index (χ2n) is 9.51. The van der Waals surface area contributed by atoms with E-state index in [-0.39, 0.29) is 30.2 Å². The minimum Gasteiger partial charge on any atom is -0.486 e. The second kappa shape index (κ2) is 6.52. The smallest absolute Gasteiger partial charge is 0.416 e. The first-order valence-corrected chi connectivity index (χ1v) is 11.0. The van der Waals surface area contributed by atoms with Gasteiger partial charge in [0.1, 0.15) is 22.7 Å². The number of aryl methyl sites for hydroxylation is 1. The third-order valence-corrected chi connectivity index (χ3v) is 7.39. The quantitative estimate of drug-likeness (QED) is 0.589. The number of benzene rings is 1. The number of nitrogens with zero attached hydrogens (tertiary/aromatic N) is 4. The molecule has 34 heavy (non-hydrogen) atoms. The van der Waals surface area contributed by atoms with Crippen molar-refractivity contribution < 1.29 is 22.7 Å². The van der Waals surface area contributed by atoms with Crippen molar-refractivity contribution in [3.8, 4) is 11.4 Å². The molecule has 0 radical (unpaired) electrons. The van der Waals surface area contributed by atoms with Crippen LogP contribution in [0.5, 0.6) is 5.75 Å². The number of carbonyl (C=O) groups excluding carboxylic acids is 1. The standard InChI is InChI=1S/C24H21F3N4O3/c1-14-10-30(13-28-14)17-4-5-18-20(32)29(7-8-31(18)21(17)33)12-23-11-22(23,2)34-19-6-3-15(9-16(19)23)24(25,26)27/h3-6,9-10,13H,7-8,11-12H2,1-2H3/t22-,23+/m1/s1. The maximum absolute atomic E-state index is 13.4. The van der Waals surface area contributed by atoms with Gasteiger partial charge in [0.2, 0.25) is 0 Å². The maximum Gasteiger partial charge on any atom is 0.416 e. The SMILES string of the molecule is Cc1cn(-c2ccc3n(c2=O)CCN(C[C@]24C[C@@]2(C)Oc2ccc(C(F)(F)F)cc24)C3=O)cn1. The highest BCUT2D eigenvalue weighted by Crippen LogP contribution is 2.67. The van der Waals surface area contributed by atoms with Crippen LogP contribution in [0.4, 0.5) is 13.2 Å². The van der Waals surface area contributed by atoms with E-state index >= 15 is 0 Å². The van der Waals surface area contributed by atoms with E-state index in [4.69, 9.17) is 4.74 Å². The molecule has 1 aliphatic carbocycles. The number of ether oxygens (including phenoxy) is 1. The van der Waals surface area contributed by atoms with E-state index in [2.05, 4.69) is 4.98 Å². The van der Waals surface area contributed by atoms with Gasteiger partial charge in [-0.3, -0.25) is 9.59 Å². The first-order valence-electron chi connectivity index (χ1n) is 11.0. The molecule has 3 aliphatic rings. The summed E-state index contributed by atoms with van der Waals surface area (Å²) in [6.07, 6.45) is -0.642. The van der Waals surface area contributed by atoms with Crippen LogP contribution < -0.4 is 10.3 Å². The van der Waals surface area contributed by atoms with Crippen LogP contribution in [-0.4, -0.2) is 43.6 Å². The van der Waals surface area contributed by atoms with E-state index in [0.29, 0.717) is 30.0 Å². The molecule has 2 aromatic heterocycles. The summed E-state index contributed by atoms with van der Waals surface area (Å²) < 4.78 is 49.1. The molecule has 1 fully saturated rings. The molecule has 0 unspecified atom stereocenters. The van der Waals surface area contributed by atoms with E-state index in [1.165, 1.54) is 10.6 Å². The monoisotopic (exact) mass is 470 g/mol. The van der Waals surface area contributed by atoms with Crippen molar-refractivity contribution in [2.24, 2.45) is 0 Å². The van der Waals surface area contributed by atoms with Gasteiger partial charge >= 0.3 is 6.18 Å². The summed E-state index contributed by atoms with van der Waals surface area (Å²) in [7, 11) is 0. The third kappa shape index (κ3) is 2.80. The minimum atomic E-state index is -4.46. The van der Waals surface area contributed by atoms with E-state index < -0.39 is 22.8 Å². The van der Waals surface area contributed by atoms with E-state index in [1.807, 2.05) is 13.8 Å². The molecule has 0 spiro atoms. The van der Waals surface area contributed by atoms with Crippen LogP contribution in [0.25, 0.3) is 5.69 Å². The van der Waals surface area contributed by atoms with Gasteiger partial charge in [0.15, 0.2) is 0 Å². The first-order chi connectivity index (χ1) is 16.0. The average molecular weight is 470 g/mol. The predicted molar refractivity (Wildman–Crippen MR) is 115 cm³/mol. The third-order valence-electron chi connectivity index (χ3n) is 7.39. The Kier molecular flexibility index (Phi) is 4.03. The van der Waals surface area contributed by atoms with Crippen LogP contribution >= 0.6 is 0 Å². The van der Waals surface area contributed by atoms with E-state index in [0.717, 1.165) is 17.8 Å². The van der Waals surface area contributed by atoms with Gasteiger partial charge < -0.3 is 18.8 Å². The van der Waals surface area contributed by atoms with Crippen LogP contribution in [0.15, 0.2) is 47.7 Å². The first kappa shape index (κ1) is 21.0. The Morgan fingerprint density at radius 1 is 1.15 bits per heavy atom. The fourth-order valence-corrected chi connectivity index (χ4v) is 5.45. The summed E-state index contributed by atoms with van der Waals surface area (Å²) in [4.78, 5) is 32.2. The van der Waals surface area contributed by atoms with Crippen molar-refractivity contribution in [2.75, 3.05) is 13.1 Å². The summed E-state index contributed by atoms with van der Waals surface area (Å²) in [5.41, 5.74) is -0.446. The fraction of sp³-hybridized carbons (Fsp3) is 0.375. The molecule has 0 bridgehead atoms. The van der Waals surface area contributed by atoms with Crippen molar-refractivity contribution in [3.63, 3.8) is 0 Å². The van der Waals surface area contributed by atoms with E-state index in [1.54, 1.807) is 34.1 Å². The zero-order chi connectivity index (χ0) is 24.0. The van der Waals surface area contributed by atoms with Gasteiger partial charge in [-0.05, 0) is 44.2 Å². The molecule has 1 amide bonds. The largest absolute Gasteiger partial charge is 0.486 e. The summed E-state index contributed by atoms with van der Waals surface area (Å²) in [6, 6.07) is 6.75. The number of halogens is 3. The summed E-state index contributed by atoms with van der Waals surface area (Å²) in [6.45, 7) is 4.50. The van der Waals surface area contributed by atoms with Crippen molar-refractivity contribution in [3.05, 3.63) is 75.7 Å². The zero-order valence-electron chi connectivity index (χ0n) is 18.5. The van der Waals surface area contributed by atoms with Crippen molar-refractivity contribution in [1.82, 2.24) is 19.0 Å². The van der Waals surface area contributed by atoms with Gasteiger partial charge in [0.25, 0.3) is 11.5 Å². The Hall–Kier alpha value is -3.56. The highest BCUT2D eigenvalue weighted by atomic mass is 19.4.